The van der Waals surface area contributed by atoms with E-state index in [0.29, 0.717) is 18.8 Å². The van der Waals surface area contributed by atoms with Gasteiger partial charge in [0, 0.05) is 12.6 Å². The van der Waals surface area contributed by atoms with Crippen molar-refractivity contribution in [1.82, 2.24) is 5.32 Å². The summed E-state index contributed by atoms with van der Waals surface area (Å²) in [6.45, 7) is 7.92. The molecule has 0 bridgehead atoms. The first-order valence-electron chi connectivity index (χ1n) is 7.34. The molecule has 20 heavy (non-hydrogen) atoms. The Bertz CT molecular complexity index is 436. The van der Waals surface area contributed by atoms with E-state index in [-0.39, 0.29) is 6.10 Å². The maximum absolute atomic E-state index is 5.86. The molecule has 1 aromatic carbocycles. The van der Waals surface area contributed by atoms with E-state index in [9.17, 15) is 0 Å². The number of hydrogen-bond donors (Lipinski definition) is 1. The minimum absolute atomic E-state index is 0.235. The van der Waals surface area contributed by atoms with Crippen molar-refractivity contribution in [2.45, 2.75) is 58.4 Å². The molecule has 0 amide bonds. The molecule has 1 saturated heterocycles. The largest absolute Gasteiger partial charge is 0.490 e. The predicted octanol–water partition coefficient (Wildman–Crippen LogP) is 3.89. The zero-order valence-corrected chi connectivity index (χ0v) is 14.1. The predicted molar refractivity (Wildman–Crippen MR) is 85.2 cm³/mol. The van der Waals surface area contributed by atoms with E-state index in [1.54, 1.807) is 0 Å². The minimum Gasteiger partial charge on any atom is -0.490 e. The maximum atomic E-state index is 5.86. The molecule has 1 aliphatic rings. The molecule has 2 unspecified atom stereocenters. The van der Waals surface area contributed by atoms with Crippen LogP contribution < -0.4 is 10.1 Å². The van der Waals surface area contributed by atoms with Crippen LogP contribution in [-0.2, 0) is 11.3 Å². The highest BCUT2D eigenvalue weighted by atomic mass is 79.9. The van der Waals surface area contributed by atoms with E-state index >= 15 is 0 Å². The van der Waals surface area contributed by atoms with Crippen molar-refractivity contribution in [3.63, 3.8) is 0 Å². The summed E-state index contributed by atoms with van der Waals surface area (Å²) >= 11 is 3.58. The van der Waals surface area contributed by atoms with Crippen LogP contribution in [0.3, 0.4) is 0 Å². The van der Waals surface area contributed by atoms with Crippen LogP contribution in [0.15, 0.2) is 22.7 Å². The zero-order chi connectivity index (χ0) is 14.5. The monoisotopic (exact) mass is 341 g/mol. The van der Waals surface area contributed by atoms with E-state index in [2.05, 4.69) is 54.2 Å². The highest BCUT2D eigenvalue weighted by molar-refractivity contribution is 9.10. The van der Waals surface area contributed by atoms with Gasteiger partial charge in [0.25, 0.3) is 0 Å². The van der Waals surface area contributed by atoms with Crippen molar-refractivity contribution in [2.75, 3.05) is 6.61 Å². The van der Waals surface area contributed by atoms with E-state index in [1.807, 2.05) is 6.07 Å². The Morgan fingerprint density at radius 3 is 2.80 bits per heavy atom. The van der Waals surface area contributed by atoms with Crippen LogP contribution in [0, 0.1) is 0 Å². The second-order valence-electron chi connectivity index (χ2n) is 5.76. The van der Waals surface area contributed by atoms with E-state index < -0.39 is 0 Å². The third-order valence-corrected chi connectivity index (χ3v) is 4.08. The van der Waals surface area contributed by atoms with E-state index in [0.717, 1.165) is 29.6 Å². The average molecular weight is 342 g/mol. The van der Waals surface area contributed by atoms with E-state index in [1.165, 1.54) is 5.56 Å². The Labute approximate surface area is 130 Å². The fourth-order valence-electron chi connectivity index (χ4n) is 2.28. The Balaban J connectivity index is 1.85. The van der Waals surface area contributed by atoms with Gasteiger partial charge in [-0.05, 0) is 53.4 Å². The molecule has 4 heteroatoms. The molecule has 0 aliphatic carbocycles. The average Bonchev–Trinajstić information content (AvgIpc) is 2.81. The molecule has 0 aromatic heterocycles. The van der Waals surface area contributed by atoms with Crippen molar-refractivity contribution < 1.29 is 9.47 Å². The Hall–Kier alpha value is -0.580. The topological polar surface area (TPSA) is 30.5 Å². The smallest absolute Gasteiger partial charge is 0.133 e. The summed E-state index contributed by atoms with van der Waals surface area (Å²) in [4.78, 5) is 0. The van der Waals surface area contributed by atoms with Crippen LogP contribution in [0.1, 0.15) is 39.2 Å². The van der Waals surface area contributed by atoms with Crippen LogP contribution >= 0.6 is 15.9 Å². The standard InChI is InChI=1S/C16H24BrNO2/c1-11(2)18-9-13-5-7-16(15(17)8-13)19-10-14-6-4-12(3)20-14/h5,7-8,11-12,14,18H,4,6,9-10H2,1-3H3. The van der Waals surface area contributed by atoms with Gasteiger partial charge in [-0.15, -0.1) is 0 Å². The van der Waals surface area contributed by atoms with Crippen LogP contribution in [-0.4, -0.2) is 24.9 Å². The molecule has 2 atom stereocenters. The lowest BCUT2D eigenvalue weighted by atomic mass is 10.2. The lowest BCUT2D eigenvalue weighted by Gasteiger charge is -2.15. The third kappa shape index (κ3) is 4.76. The number of benzene rings is 1. The highest BCUT2D eigenvalue weighted by Crippen LogP contribution is 2.27. The lowest BCUT2D eigenvalue weighted by molar-refractivity contribution is 0.0263. The zero-order valence-electron chi connectivity index (χ0n) is 12.5. The molecule has 1 N–H and O–H groups in total. The van der Waals surface area contributed by atoms with Crippen molar-refractivity contribution in [2.24, 2.45) is 0 Å². The molecular weight excluding hydrogens is 318 g/mol. The van der Waals surface area contributed by atoms with Crippen molar-refractivity contribution in [3.8, 4) is 5.75 Å². The van der Waals surface area contributed by atoms with Gasteiger partial charge >= 0.3 is 0 Å². The van der Waals surface area contributed by atoms with E-state index in [4.69, 9.17) is 9.47 Å². The lowest BCUT2D eigenvalue weighted by Crippen LogP contribution is -2.21. The molecule has 0 radical (unpaired) electrons. The van der Waals surface area contributed by atoms with Gasteiger partial charge < -0.3 is 14.8 Å². The summed E-state index contributed by atoms with van der Waals surface area (Å²) in [5.41, 5.74) is 1.25. The van der Waals surface area contributed by atoms with Gasteiger partial charge in [-0.3, -0.25) is 0 Å². The highest BCUT2D eigenvalue weighted by Gasteiger charge is 2.22. The fraction of sp³-hybridized carbons (Fsp3) is 0.625. The Morgan fingerprint density at radius 1 is 1.40 bits per heavy atom. The van der Waals surface area contributed by atoms with Gasteiger partial charge in [0.15, 0.2) is 0 Å². The summed E-state index contributed by atoms with van der Waals surface area (Å²) < 4.78 is 12.6. The van der Waals surface area contributed by atoms with Gasteiger partial charge in [-0.1, -0.05) is 19.9 Å². The first-order chi connectivity index (χ1) is 9.54. The first kappa shape index (κ1) is 15.8. The van der Waals surface area contributed by atoms with Gasteiger partial charge in [0.1, 0.15) is 12.4 Å². The second kappa shape index (κ2) is 7.43. The molecular formula is C16H24BrNO2. The van der Waals surface area contributed by atoms with Crippen molar-refractivity contribution in [1.29, 1.82) is 0 Å². The fourth-order valence-corrected chi connectivity index (χ4v) is 2.82. The number of nitrogens with one attached hydrogen (secondary N) is 1. The van der Waals surface area contributed by atoms with Crippen LogP contribution in [0.2, 0.25) is 0 Å². The van der Waals surface area contributed by atoms with Crippen molar-refractivity contribution in [3.05, 3.63) is 28.2 Å². The minimum atomic E-state index is 0.235. The molecule has 0 spiro atoms. The summed E-state index contributed by atoms with van der Waals surface area (Å²) in [5.74, 6) is 0.890. The molecule has 1 heterocycles. The molecule has 1 aromatic rings. The Kier molecular flexibility index (Phi) is 5.87. The molecule has 0 saturated carbocycles. The van der Waals surface area contributed by atoms with Crippen LogP contribution in [0.5, 0.6) is 5.75 Å². The maximum Gasteiger partial charge on any atom is 0.133 e. The number of rotatable bonds is 6. The quantitative estimate of drug-likeness (QED) is 0.851. The summed E-state index contributed by atoms with van der Waals surface area (Å²) in [7, 11) is 0. The number of hydrogen-bond acceptors (Lipinski definition) is 3. The molecule has 2 rings (SSSR count). The van der Waals surface area contributed by atoms with Crippen LogP contribution in [0.25, 0.3) is 0 Å². The molecule has 3 nitrogen and oxygen atoms in total. The van der Waals surface area contributed by atoms with Gasteiger partial charge in [0.05, 0.1) is 16.7 Å². The van der Waals surface area contributed by atoms with Crippen LogP contribution in [0.4, 0.5) is 0 Å². The second-order valence-corrected chi connectivity index (χ2v) is 6.61. The van der Waals surface area contributed by atoms with Crippen molar-refractivity contribution >= 4 is 15.9 Å². The van der Waals surface area contributed by atoms with Gasteiger partial charge in [-0.2, -0.15) is 0 Å². The Morgan fingerprint density at radius 2 is 2.20 bits per heavy atom. The van der Waals surface area contributed by atoms with Gasteiger partial charge in [0.2, 0.25) is 0 Å². The molecule has 1 fully saturated rings. The summed E-state index contributed by atoms with van der Waals surface area (Å²) in [6, 6.07) is 6.74. The third-order valence-electron chi connectivity index (χ3n) is 3.46. The molecule has 1 aliphatic heterocycles. The normalized spacial score (nSPS) is 22.4. The summed E-state index contributed by atoms with van der Waals surface area (Å²) in [5, 5.41) is 3.41. The molecule has 112 valence electrons. The number of ether oxygens (including phenoxy) is 2. The van der Waals surface area contributed by atoms with Gasteiger partial charge in [-0.25, -0.2) is 0 Å². The number of halogens is 1. The summed E-state index contributed by atoms with van der Waals surface area (Å²) in [6.07, 6.45) is 2.83. The SMILES string of the molecule is CC(C)NCc1ccc(OCC2CCC(C)O2)c(Br)c1. The first-order valence-corrected chi connectivity index (χ1v) is 8.14.